The predicted octanol–water partition coefficient (Wildman–Crippen LogP) is 0.336. The lowest BCUT2D eigenvalue weighted by Crippen LogP contribution is -2.37. The Kier molecular flexibility index (Phi) is 18.2. The van der Waals surface area contributed by atoms with Crippen molar-refractivity contribution in [2.75, 3.05) is 32.9 Å². The van der Waals surface area contributed by atoms with Crippen LogP contribution in [0.2, 0.25) is 0 Å². The number of hydrazone groups is 1. The minimum atomic E-state index is -0.515. The lowest BCUT2D eigenvalue weighted by Gasteiger charge is -2.09. The van der Waals surface area contributed by atoms with Crippen molar-refractivity contribution in [2.45, 2.75) is 64.3 Å². The third-order valence-corrected chi connectivity index (χ3v) is 3.92. The van der Waals surface area contributed by atoms with Crippen molar-refractivity contribution in [3.8, 4) is 0 Å². The summed E-state index contributed by atoms with van der Waals surface area (Å²) in [5.41, 5.74) is 5.66. The van der Waals surface area contributed by atoms with Gasteiger partial charge in [0, 0.05) is 19.0 Å². The van der Waals surface area contributed by atoms with Gasteiger partial charge in [-0.15, -0.1) is 0 Å². The molecule has 0 heterocycles. The van der Waals surface area contributed by atoms with E-state index in [1.165, 1.54) is 6.34 Å². The molecule has 0 fully saturated rings. The van der Waals surface area contributed by atoms with Crippen molar-refractivity contribution in [3.63, 3.8) is 0 Å². The highest BCUT2D eigenvalue weighted by atomic mass is 16.5. The van der Waals surface area contributed by atoms with Crippen LogP contribution < -0.4 is 32.8 Å². The van der Waals surface area contributed by atoms with Gasteiger partial charge in [0.05, 0.1) is 13.3 Å². The first-order valence-electron chi connectivity index (χ1n) is 10.1. The van der Waals surface area contributed by atoms with Crippen molar-refractivity contribution in [2.24, 2.45) is 16.7 Å². The molecule has 164 valence electrons. The quantitative estimate of drug-likeness (QED) is 0.0483. The largest absolute Gasteiger partial charge is 0.450 e. The Balaban J connectivity index is 3.35. The second kappa shape index (κ2) is 19.7. The van der Waals surface area contributed by atoms with E-state index >= 15 is 0 Å². The molecule has 0 aliphatic heterocycles. The van der Waals surface area contributed by atoms with E-state index in [4.69, 9.17) is 16.3 Å². The molecule has 8 N–H and O–H groups in total. The molecule has 0 spiro atoms. The fraction of sp³-hybridized carbons (Fsp3) is 0.833. The van der Waals surface area contributed by atoms with Gasteiger partial charge in [0.1, 0.15) is 6.34 Å². The van der Waals surface area contributed by atoms with Crippen LogP contribution in [0.1, 0.15) is 58.3 Å². The lowest BCUT2D eigenvalue weighted by molar-refractivity contribution is -0.121. The highest BCUT2D eigenvalue weighted by Gasteiger charge is 2.04. The number of hydrogen-bond donors (Lipinski definition) is 6. The smallest absolute Gasteiger partial charge is 0.408 e. The molecule has 0 rings (SSSR count). The van der Waals surface area contributed by atoms with Crippen LogP contribution in [0.25, 0.3) is 0 Å². The summed E-state index contributed by atoms with van der Waals surface area (Å²) in [7, 11) is 0. The van der Waals surface area contributed by atoms with Crippen LogP contribution in [0.4, 0.5) is 4.79 Å². The second-order valence-corrected chi connectivity index (χ2v) is 6.71. The van der Waals surface area contributed by atoms with Gasteiger partial charge < -0.3 is 37.6 Å². The highest BCUT2D eigenvalue weighted by Crippen LogP contribution is 2.02. The minimum Gasteiger partial charge on any atom is -0.450 e. The van der Waals surface area contributed by atoms with E-state index in [0.717, 1.165) is 64.6 Å². The van der Waals surface area contributed by atoms with Gasteiger partial charge in [0.25, 0.3) is 0 Å². The number of nitrogens with two attached hydrogens (primary N) is 2. The van der Waals surface area contributed by atoms with Gasteiger partial charge in [-0.1, -0.05) is 12.8 Å². The second-order valence-electron chi connectivity index (χ2n) is 6.71. The summed E-state index contributed by atoms with van der Waals surface area (Å²) in [6.07, 6.45) is 7.90. The van der Waals surface area contributed by atoms with E-state index in [1.807, 2.05) is 6.92 Å². The zero-order valence-electron chi connectivity index (χ0n) is 17.2. The van der Waals surface area contributed by atoms with Crippen LogP contribution in [0, 0.1) is 0 Å². The third-order valence-electron chi connectivity index (χ3n) is 3.92. The van der Waals surface area contributed by atoms with Crippen molar-refractivity contribution < 1.29 is 14.3 Å². The van der Waals surface area contributed by atoms with Crippen LogP contribution in [-0.2, 0) is 9.53 Å². The van der Waals surface area contributed by atoms with E-state index in [1.54, 1.807) is 0 Å². The van der Waals surface area contributed by atoms with Gasteiger partial charge >= 0.3 is 6.09 Å². The fourth-order valence-corrected chi connectivity index (χ4v) is 2.31. The summed E-state index contributed by atoms with van der Waals surface area (Å²) in [5, 5.41) is 14.7. The van der Waals surface area contributed by atoms with Crippen LogP contribution in [-0.4, -0.2) is 57.3 Å². The van der Waals surface area contributed by atoms with Gasteiger partial charge in [0.2, 0.25) is 5.91 Å². The Hall–Kier alpha value is -2.07. The van der Waals surface area contributed by atoms with Crippen LogP contribution in [0.3, 0.4) is 0 Å². The van der Waals surface area contributed by atoms with E-state index in [2.05, 4.69) is 26.4 Å². The van der Waals surface area contributed by atoms with Gasteiger partial charge in [0.15, 0.2) is 0 Å². The first kappa shape index (κ1) is 25.9. The Morgan fingerprint density at radius 3 is 2.54 bits per heavy atom. The summed E-state index contributed by atoms with van der Waals surface area (Å²) in [5.74, 6) is 4.89. The maximum absolute atomic E-state index is 11.7. The van der Waals surface area contributed by atoms with Gasteiger partial charge in [-0.3, -0.25) is 4.79 Å². The number of amides is 2. The molecule has 10 heteroatoms. The zero-order chi connectivity index (χ0) is 20.9. The molecule has 0 saturated heterocycles. The van der Waals surface area contributed by atoms with Crippen molar-refractivity contribution in [1.29, 1.82) is 0 Å². The van der Waals surface area contributed by atoms with Gasteiger partial charge in [-0.05, 0) is 52.1 Å². The van der Waals surface area contributed by atoms with E-state index in [9.17, 15) is 9.59 Å². The standard InChI is InChI=1S/C18H39N7O3/c1-16(19)9-12-21-10-6-7-13-28-18(27)24-15-23-17(26)8-4-2-3-5-11-22-14-25-20/h14,16,21H,2-13,15,19-20H2,1H3,(H,22,25)(H,23,26)(H,24,27)/t16-/m1/s1. The molecular formula is C18H39N7O3. The Morgan fingerprint density at radius 1 is 1.04 bits per heavy atom. The Morgan fingerprint density at radius 2 is 1.79 bits per heavy atom. The molecule has 0 bridgehead atoms. The summed E-state index contributed by atoms with van der Waals surface area (Å²) >= 11 is 0. The minimum absolute atomic E-state index is 0.0773. The summed E-state index contributed by atoms with van der Waals surface area (Å²) in [6.45, 7) is 5.03. The summed E-state index contributed by atoms with van der Waals surface area (Å²) < 4.78 is 5.05. The number of rotatable bonds is 18. The Bertz CT molecular complexity index is 420. The SMILES string of the molecule is C[C@@H](N)CCNCCCCOC(=O)NCNC(=O)CCCCCCNC=NN. The normalized spacial score (nSPS) is 11.9. The zero-order valence-corrected chi connectivity index (χ0v) is 17.2. The predicted molar refractivity (Wildman–Crippen MR) is 112 cm³/mol. The number of nitrogens with zero attached hydrogens (tertiary/aromatic N) is 1. The molecule has 1 atom stereocenters. The van der Waals surface area contributed by atoms with Crippen molar-refractivity contribution in [1.82, 2.24) is 21.3 Å². The number of ether oxygens (including phenoxy) is 1. The molecular weight excluding hydrogens is 362 g/mol. The molecule has 28 heavy (non-hydrogen) atoms. The van der Waals surface area contributed by atoms with Crippen LogP contribution >= 0.6 is 0 Å². The van der Waals surface area contributed by atoms with E-state index in [0.29, 0.717) is 13.0 Å². The number of alkyl carbamates (subject to hydrolysis) is 1. The average molecular weight is 402 g/mol. The molecule has 0 aliphatic carbocycles. The first-order chi connectivity index (χ1) is 13.6. The number of nitrogens with one attached hydrogen (secondary N) is 4. The highest BCUT2D eigenvalue weighted by molar-refractivity contribution is 5.76. The number of carbonyl (C=O) groups excluding carboxylic acids is 2. The molecule has 10 nitrogen and oxygen atoms in total. The number of carbonyl (C=O) groups is 2. The first-order valence-corrected chi connectivity index (χ1v) is 10.1. The molecule has 0 aromatic heterocycles. The molecule has 2 amide bonds. The van der Waals surface area contributed by atoms with Gasteiger partial charge in [-0.25, -0.2) is 4.79 Å². The van der Waals surface area contributed by atoms with E-state index in [-0.39, 0.29) is 18.6 Å². The maximum Gasteiger partial charge on any atom is 0.408 e. The molecule has 0 aromatic rings. The molecule has 0 radical (unpaired) electrons. The molecule has 0 aromatic carbocycles. The summed E-state index contributed by atoms with van der Waals surface area (Å²) in [4.78, 5) is 23.2. The number of hydrogen-bond acceptors (Lipinski definition) is 7. The monoisotopic (exact) mass is 401 g/mol. The molecule has 0 unspecified atom stereocenters. The summed E-state index contributed by atoms with van der Waals surface area (Å²) in [6, 6.07) is 0.213. The maximum atomic E-state index is 11.7. The van der Waals surface area contributed by atoms with Crippen molar-refractivity contribution >= 4 is 18.3 Å². The Labute approximate surface area is 168 Å². The number of unbranched alkanes of at least 4 members (excludes halogenated alkanes) is 4. The molecule has 0 aliphatic rings. The van der Waals surface area contributed by atoms with Crippen molar-refractivity contribution in [3.05, 3.63) is 0 Å². The topological polar surface area (TPSA) is 156 Å². The fourth-order valence-electron chi connectivity index (χ4n) is 2.31. The lowest BCUT2D eigenvalue weighted by atomic mass is 10.1. The van der Waals surface area contributed by atoms with Gasteiger partial charge in [-0.2, -0.15) is 5.10 Å². The van der Waals surface area contributed by atoms with Crippen LogP contribution in [0.5, 0.6) is 0 Å². The van der Waals surface area contributed by atoms with E-state index < -0.39 is 6.09 Å². The van der Waals surface area contributed by atoms with Crippen LogP contribution in [0.15, 0.2) is 5.10 Å². The third kappa shape index (κ3) is 20.2. The average Bonchev–Trinajstić information content (AvgIpc) is 2.65. The molecule has 0 saturated carbocycles.